The van der Waals surface area contributed by atoms with Gasteiger partial charge in [-0.3, -0.25) is 4.79 Å². The highest BCUT2D eigenvalue weighted by molar-refractivity contribution is 6.04. The second kappa shape index (κ2) is 19.0. The molecule has 6 aromatic rings. The minimum absolute atomic E-state index is 0.213. The van der Waals surface area contributed by atoms with Gasteiger partial charge in [0.05, 0.1) is 35.8 Å². The predicted molar refractivity (Wildman–Crippen MR) is 221 cm³/mol. The Morgan fingerprint density at radius 1 is 0.564 bits per heavy atom. The molecule has 0 aliphatic rings. The average molecular weight is 732 g/mol. The van der Waals surface area contributed by atoms with Gasteiger partial charge in [-0.15, -0.1) is 0 Å². The summed E-state index contributed by atoms with van der Waals surface area (Å²) in [5.74, 6) is -0.213. The fraction of sp³-hybridized carbons (Fsp3) is 0.222. The SMILES string of the molecule is CCN(CC[n+]1ccccc1)c1ccc(/N=N/c2ccc(NC(=O)c3ccc(/N=N/c4ccc(N(CC)CC[n+]5ccccc5)cc4C)cc3)cc2)c(C)c1. The second-order valence-corrected chi connectivity index (χ2v) is 13.3. The number of nitrogens with one attached hydrogen (secondary N) is 1. The zero-order valence-electron chi connectivity index (χ0n) is 32.1. The number of carbonyl (C=O) groups excluding carboxylic acids is 1. The molecule has 0 aliphatic carbocycles. The van der Waals surface area contributed by atoms with Crippen LogP contribution in [0.3, 0.4) is 0 Å². The Morgan fingerprint density at radius 3 is 1.42 bits per heavy atom. The van der Waals surface area contributed by atoms with Crippen molar-refractivity contribution in [3.8, 4) is 0 Å². The maximum Gasteiger partial charge on any atom is 0.255 e. The van der Waals surface area contributed by atoms with Crippen LogP contribution in [0, 0.1) is 13.8 Å². The van der Waals surface area contributed by atoms with Crippen LogP contribution in [-0.4, -0.2) is 32.1 Å². The summed E-state index contributed by atoms with van der Waals surface area (Å²) in [5.41, 5.74) is 8.61. The van der Waals surface area contributed by atoms with Gasteiger partial charge in [-0.2, -0.15) is 20.5 Å². The Balaban J connectivity index is 0.995. The minimum Gasteiger partial charge on any atom is -0.365 e. The van der Waals surface area contributed by atoms with E-state index in [4.69, 9.17) is 0 Å². The van der Waals surface area contributed by atoms with E-state index in [0.717, 1.165) is 67.5 Å². The lowest BCUT2D eigenvalue weighted by molar-refractivity contribution is -0.694. The number of nitrogens with zero attached hydrogens (tertiary/aromatic N) is 8. The number of rotatable bonds is 16. The van der Waals surface area contributed by atoms with Crippen molar-refractivity contribution in [3.63, 3.8) is 0 Å². The predicted octanol–water partition coefficient (Wildman–Crippen LogP) is 10.0. The van der Waals surface area contributed by atoms with Crippen molar-refractivity contribution in [2.45, 2.75) is 40.8 Å². The topological polar surface area (TPSA) is 92.8 Å². The molecular formula is C45H49N9O+2. The van der Waals surface area contributed by atoms with Crippen LogP contribution in [0.25, 0.3) is 0 Å². The number of hydrogen-bond donors (Lipinski definition) is 1. The van der Waals surface area contributed by atoms with E-state index in [2.05, 4.69) is 127 Å². The van der Waals surface area contributed by atoms with Crippen molar-refractivity contribution < 1.29 is 13.9 Å². The molecule has 278 valence electrons. The Bertz CT molecular complexity index is 2200. The van der Waals surface area contributed by atoms with E-state index in [-0.39, 0.29) is 5.91 Å². The van der Waals surface area contributed by atoms with Crippen molar-refractivity contribution in [1.29, 1.82) is 0 Å². The third-order valence-electron chi connectivity index (χ3n) is 9.47. The quantitative estimate of drug-likeness (QED) is 0.0794. The number of carbonyl (C=O) groups is 1. The molecule has 0 aliphatic heterocycles. The van der Waals surface area contributed by atoms with Crippen molar-refractivity contribution in [2.24, 2.45) is 20.5 Å². The van der Waals surface area contributed by atoms with E-state index in [1.54, 1.807) is 24.3 Å². The average Bonchev–Trinajstić information content (AvgIpc) is 3.22. The van der Waals surface area contributed by atoms with Crippen LogP contribution >= 0.6 is 0 Å². The van der Waals surface area contributed by atoms with Crippen LogP contribution in [0.5, 0.6) is 0 Å². The molecule has 10 nitrogen and oxygen atoms in total. The number of aromatic nitrogens is 2. The molecule has 0 saturated carbocycles. The lowest BCUT2D eigenvalue weighted by atomic mass is 10.1. The molecule has 0 atom stereocenters. The molecule has 0 saturated heterocycles. The van der Waals surface area contributed by atoms with Gasteiger partial charge in [0, 0.05) is 60.0 Å². The van der Waals surface area contributed by atoms with Crippen LogP contribution in [-0.2, 0) is 13.1 Å². The molecule has 0 fully saturated rings. The maximum absolute atomic E-state index is 13.0. The van der Waals surface area contributed by atoms with Gasteiger partial charge in [-0.1, -0.05) is 12.1 Å². The highest BCUT2D eigenvalue weighted by Gasteiger charge is 2.12. The molecule has 0 radical (unpaired) electrons. The summed E-state index contributed by atoms with van der Waals surface area (Å²) >= 11 is 0. The third kappa shape index (κ3) is 10.8. The number of benzene rings is 4. The second-order valence-electron chi connectivity index (χ2n) is 13.3. The van der Waals surface area contributed by atoms with E-state index < -0.39 is 0 Å². The van der Waals surface area contributed by atoms with Gasteiger partial charge in [-0.25, -0.2) is 9.13 Å². The van der Waals surface area contributed by atoms with Gasteiger partial charge in [0.1, 0.15) is 0 Å². The van der Waals surface area contributed by atoms with Gasteiger partial charge >= 0.3 is 0 Å². The van der Waals surface area contributed by atoms with Crippen molar-refractivity contribution in [1.82, 2.24) is 0 Å². The first-order valence-electron chi connectivity index (χ1n) is 18.8. The zero-order chi connectivity index (χ0) is 38.4. The molecule has 2 aromatic heterocycles. The molecule has 55 heavy (non-hydrogen) atoms. The molecule has 1 N–H and O–H groups in total. The maximum atomic E-state index is 13.0. The van der Waals surface area contributed by atoms with E-state index in [1.807, 2.05) is 67.6 Å². The van der Waals surface area contributed by atoms with Crippen molar-refractivity contribution in [3.05, 3.63) is 163 Å². The minimum atomic E-state index is -0.213. The van der Waals surface area contributed by atoms with Gasteiger partial charge in [0.15, 0.2) is 37.9 Å². The molecule has 1 amide bonds. The van der Waals surface area contributed by atoms with Gasteiger partial charge in [0.2, 0.25) is 0 Å². The van der Waals surface area contributed by atoms with Crippen molar-refractivity contribution in [2.75, 3.05) is 41.3 Å². The van der Waals surface area contributed by atoms with E-state index in [1.165, 1.54) is 5.69 Å². The summed E-state index contributed by atoms with van der Waals surface area (Å²) in [6.07, 6.45) is 8.36. The first kappa shape index (κ1) is 38.2. The number of anilines is 3. The molecule has 10 heteroatoms. The molecule has 6 rings (SSSR count). The standard InChI is InChI=1S/C45H48N9O/c1-5-53(31-29-51-25-9-7-10-26-51)41-21-23-43(35(3)33-41)49-47-39-15-13-37(14-16-39)45(55)46-38-17-19-40(20-18-38)48-50-44-24-22-42(34-36(44)4)54(6-2)32-30-52-27-11-8-12-28-52/h7-28,33-34H,5-6,29-32H2,1-4H3/q+1/p+1/b49-47+. The third-order valence-corrected chi connectivity index (χ3v) is 9.47. The van der Waals surface area contributed by atoms with Crippen LogP contribution < -0.4 is 24.3 Å². The van der Waals surface area contributed by atoms with Gasteiger partial charge in [0.25, 0.3) is 5.91 Å². The zero-order valence-corrected chi connectivity index (χ0v) is 32.1. The van der Waals surface area contributed by atoms with Crippen LogP contribution in [0.15, 0.2) is 167 Å². The van der Waals surface area contributed by atoms with E-state index in [0.29, 0.717) is 22.6 Å². The number of amides is 1. The smallest absolute Gasteiger partial charge is 0.255 e. The monoisotopic (exact) mass is 731 g/mol. The lowest BCUT2D eigenvalue weighted by Gasteiger charge is -2.22. The first-order valence-corrected chi connectivity index (χ1v) is 18.8. The lowest BCUT2D eigenvalue weighted by Crippen LogP contribution is -2.40. The Hall–Kier alpha value is -6.55. The Kier molecular flexibility index (Phi) is 13.2. The summed E-state index contributed by atoms with van der Waals surface area (Å²) in [6, 6.07) is 39.2. The number of pyridine rings is 2. The van der Waals surface area contributed by atoms with E-state index in [9.17, 15) is 4.79 Å². The number of likely N-dealkylation sites (N-methyl/N-ethyl adjacent to an activating group) is 2. The first-order chi connectivity index (χ1) is 26.9. The van der Waals surface area contributed by atoms with E-state index >= 15 is 0 Å². The normalized spacial score (nSPS) is 11.3. The molecule has 4 aromatic carbocycles. The van der Waals surface area contributed by atoms with Crippen LogP contribution in [0.1, 0.15) is 35.3 Å². The van der Waals surface area contributed by atoms with Crippen molar-refractivity contribution >= 4 is 45.7 Å². The van der Waals surface area contributed by atoms with Gasteiger partial charge < -0.3 is 15.1 Å². The molecule has 0 spiro atoms. The molecule has 0 bridgehead atoms. The summed E-state index contributed by atoms with van der Waals surface area (Å²) < 4.78 is 4.38. The fourth-order valence-electron chi connectivity index (χ4n) is 6.19. The Labute approximate surface area is 324 Å². The Morgan fingerprint density at radius 2 is 1.00 bits per heavy atom. The highest BCUT2D eigenvalue weighted by atomic mass is 16.1. The number of azo groups is 2. The van der Waals surface area contributed by atoms with Crippen LogP contribution in [0.2, 0.25) is 0 Å². The molecule has 0 unspecified atom stereocenters. The molecular weight excluding hydrogens is 683 g/mol. The fourth-order valence-corrected chi connectivity index (χ4v) is 6.19. The summed E-state index contributed by atoms with van der Waals surface area (Å²) in [4.78, 5) is 17.7. The summed E-state index contributed by atoms with van der Waals surface area (Å²) in [7, 11) is 0. The van der Waals surface area contributed by atoms with Crippen LogP contribution in [0.4, 0.5) is 39.8 Å². The number of hydrogen-bond acceptors (Lipinski definition) is 7. The van der Waals surface area contributed by atoms with Gasteiger partial charge in [-0.05, 0) is 124 Å². The summed E-state index contributed by atoms with van der Waals surface area (Å²) in [6.45, 7) is 13.9. The number of aryl methyl sites for hydroxylation is 2. The highest BCUT2D eigenvalue weighted by Crippen LogP contribution is 2.29. The summed E-state index contributed by atoms with van der Waals surface area (Å²) in [5, 5.41) is 20.8. The molecule has 2 heterocycles. The largest absolute Gasteiger partial charge is 0.365 e.